The highest BCUT2D eigenvalue weighted by atomic mass is 16.1. The lowest BCUT2D eigenvalue weighted by molar-refractivity contribution is -0.113. The van der Waals surface area contributed by atoms with E-state index in [-0.39, 0.29) is 0 Å². The van der Waals surface area contributed by atoms with Crippen LogP contribution in [0.5, 0.6) is 0 Å². The van der Waals surface area contributed by atoms with Crippen LogP contribution in [0.25, 0.3) is 0 Å². The predicted octanol–water partition coefficient (Wildman–Crippen LogP) is 1.09. The van der Waals surface area contributed by atoms with Crippen LogP contribution in [0.15, 0.2) is 12.7 Å². The molecule has 3 N–H and O–H groups in total. The number of hydrogen-bond donors (Lipinski definition) is 2. The topological polar surface area (TPSA) is 66.9 Å². The molecule has 0 aromatic rings. The van der Waals surface area contributed by atoms with Gasteiger partial charge in [-0.1, -0.05) is 19.9 Å². The molecule has 0 aromatic heterocycles. The van der Waals surface area contributed by atoms with E-state index in [1.807, 2.05) is 0 Å². The van der Waals surface area contributed by atoms with Crippen molar-refractivity contribution in [2.45, 2.75) is 19.8 Å². The standard InChI is InChI=1S/C4H9N.C3H5NO/c1-2-3-4-5;1-2-3(4)5/h4-5H,2-3H2,1H3;2H,1H2,(H2,4,5). The summed E-state index contributed by atoms with van der Waals surface area (Å²) in [5, 5.41) is 6.48. The van der Waals surface area contributed by atoms with Crippen LogP contribution in [-0.4, -0.2) is 12.1 Å². The maximum absolute atomic E-state index is 9.47. The summed E-state index contributed by atoms with van der Waals surface area (Å²) in [5.41, 5.74) is 4.53. The van der Waals surface area contributed by atoms with Crippen molar-refractivity contribution in [3.05, 3.63) is 12.7 Å². The normalized spacial score (nSPS) is 6.90. The first-order chi connectivity index (χ1) is 4.68. The molecule has 0 aliphatic carbocycles. The van der Waals surface area contributed by atoms with Crippen molar-refractivity contribution in [3.8, 4) is 0 Å². The van der Waals surface area contributed by atoms with E-state index in [9.17, 15) is 4.79 Å². The summed E-state index contributed by atoms with van der Waals surface area (Å²) in [6.45, 7) is 5.15. The number of nitrogens with two attached hydrogens (primary N) is 1. The lowest BCUT2D eigenvalue weighted by atomic mass is 10.4. The molecule has 0 fully saturated rings. The maximum atomic E-state index is 9.47. The number of rotatable bonds is 3. The molecule has 0 rings (SSSR count). The van der Waals surface area contributed by atoms with Gasteiger partial charge in [-0.2, -0.15) is 0 Å². The molecule has 58 valence electrons. The lowest BCUT2D eigenvalue weighted by Gasteiger charge is -1.71. The third-order valence-electron chi connectivity index (χ3n) is 0.634. The zero-order valence-corrected chi connectivity index (χ0v) is 6.26. The van der Waals surface area contributed by atoms with Crippen LogP contribution >= 0.6 is 0 Å². The number of carbonyl (C=O) groups excluding carboxylic acids is 1. The molecule has 0 spiro atoms. The summed E-state index contributed by atoms with van der Waals surface area (Å²) in [6.07, 6.45) is 4.52. The van der Waals surface area contributed by atoms with Crippen molar-refractivity contribution in [2.75, 3.05) is 0 Å². The summed E-state index contributed by atoms with van der Waals surface area (Å²) in [5.74, 6) is -0.481. The van der Waals surface area contributed by atoms with E-state index in [1.165, 1.54) is 6.21 Å². The van der Waals surface area contributed by atoms with Gasteiger partial charge in [0.05, 0.1) is 0 Å². The molecule has 10 heavy (non-hydrogen) atoms. The van der Waals surface area contributed by atoms with E-state index in [1.54, 1.807) is 0 Å². The summed E-state index contributed by atoms with van der Waals surface area (Å²) in [7, 11) is 0. The fraction of sp³-hybridized carbons (Fsp3) is 0.429. The van der Waals surface area contributed by atoms with Gasteiger partial charge in [0, 0.05) is 0 Å². The highest BCUT2D eigenvalue weighted by Gasteiger charge is 1.69. The Bertz CT molecular complexity index is 110. The molecular formula is C7H14N2O. The first-order valence-corrected chi connectivity index (χ1v) is 3.09. The molecule has 1 amide bonds. The van der Waals surface area contributed by atoms with Gasteiger partial charge < -0.3 is 11.1 Å². The first kappa shape index (κ1) is 11.6. The number of primary amides is 1. The van der Waals surface area contributed by atoms with E-state index in [4.69, 9.17) is 5.41 Å². The van der Waals surface area contributed by atoms with Gasteiger partial charge in [-0.25, -0.2) is 0 Å². The summed E-state index contributed by atoms with van der Waals surface area (Å²) < 4.78 is 0. The predicted molar refractivity (Wildman–Crippen MR) is 43.1 cm³/mol. The van der Waals surface area contributed by atoms with Gasteiger partial charge in [0.25, 0.3) is 0 Å². The average Bonchev–Trinajstić information content (AvgIpc) is 1.91. The SMILES string of the molecule is C=CC(N)=O.CCCC=N. The minimum Gasteiger partial charge on any atom is -0.366 e. The van der Waals surface area contributed by atoms with Gasteiger partial charge in [-0.15, -0.1) is 0 Å². The molecule has 0 radical (unpaired) electrons. The second-order valence-corrected chi connectivity index (χ2v) is 1.60. The Morgan fingerprint density at radius 1 is 1.80 bits per heavy atom. The average molecular weight is 142 g/mol. The zero-order valence-electron chi connectivity index (χ0n) is 6.26. The fourth-order valence-electron chi connectivity index (χ4n) is 0.144. The third kappa shape index (κ3) is 28.7. The number of amides is 1. The number of nitrogens with one attached hydrogen (secondary N) is 1. The molecule has 0 saturated carbocycles. The highest BCUT2D eigenvalue weighted by Crippen LogP contribution is 1.75. The second-order valence-electron chi connectivity index (χ2n) is 1.60. The Balaban J connectivity index is 0. The number of carbonyl (C=O) groups is 1. The minimum absolute atomic E-state index is 0.481. The van der Waals surface area contributed by atoms with Crippen molar-refractivity contribution < 1.29 is 4.79 Å². The van der Waals surface area contributed by atoms with E-state index < -0.39 is 5.91 Å². The molecule has 0 aliphatic heterocycles. The Hall–Kier alpha value is -1.12. The Labute approximate surface area is 61.4 Å². The molecule has 0 aliphatic rings. The van der Waals surface area contributed by atoms with Crippen LogP contribution in [0, 0.1) is 5.41 Å². The Kier molecular flexibility index (Phi) is 12.6. The van der Waals surface area contributed by atoms with Crippen molar-refractivity contribution in [2.24, 2.45) is 5.73 Å². The molecule has 3 nitrogen and oxygen atoms in total. The molecule has 0 saturated heterocycles. The molecular weight excluding hydrogens is 128 g/mol. The van der Waals surface area contributed by atoms with E-state index in [0.717, 1.165) is 18.9 Å². The van der Waals surface area contributed by atoms with Crippen LogP contribution in [0.4, 0.5) is 0 Å². The van der Waals surface area contributed by atoms with E-state index in [2.05, 4.69) is 19.2 Å². The van der Waals surface area contributed by atoms with E-state index in [0.29, 0.717) is 0 Å². The molecule has 0 aromatic carbocycles. The monoisotopic (exact) mass is 142 g/mol. The smallest absolute Gasteiger partial charge is 0.240 e. The van der Waals surface area contributed by atoms with Crippen LogP contribution in [0.2, 0.25) is 0 Å². The quantitative estimate of drug-likeness (QED) is 0.449. The third-order valence-corrected chi connectivity index (χ3v) is 0.634. The first-order valence-electron chi connectivity index (χ1n) is 3.09. The van der Waals surface area contributed by atoms with Gasteiger partial charge in [-0.05, 0) is 18.7 Å². The van der Waals surface area contributed by atoms with Crippen molar-refractivity contribution in [1.82, 2.24) is 0 Å². The van der Waals surface area contributed by atoms with Crippen molar-refractivity contribution >= 4 is 12.1 Å². The minimum atomic E-state index is -0.481. The van der Waals surface area contributed by atoms with Gasteiger partial charge in [0.2, 0.25) is 5.91 Å². The van der Waals surface area contributed by atoms with E-state index >= 15 is 0 Å². The Morgan fingerprint density at radius 3 is 2.20 bits per heavy atom. The number of hydrogen-bond acceptors (Lipinski definition) is 2. The molecule has 0 unspecified atom stereocenters. The zero-order chi connectivity index (χ0) is 8.41. The van der Waals surface area contributed by atoms with Crippen LogP contribution in [0.3, 0.4) is 0 Å². The molecule has 0 bridgehead atoms. The summed E-state index contributed by atoms with van der Waals surface area (Å²) in [6, 6.07) is 0. The molecule has 0 atom stereocenters. The van der Waals surface area contributed by atoms with Crippen molar-refractivity contribution in [1.29, 1.82) is 5.41 Å². The highest BCUT2D eigenvalue weighted by molar-refractivity contribution is 5.84. The van der Waals surface area contributed by atoms with Gasteiger partial charge in [-0.3, -0.25) is 4.79 Å². The van der Waals surface area contributed by atoms with Gasteiger partial charge >= 0.3 is 0 Å². The second kappa shape index (κ2) is 10.8. The van der Waals surface area contributed by atoms with Crippen LogP contribution < -0.4 is 5.73 Å². The summed E-state index contributed by atoms with van der Waals surface area (Å²) in [4.78, 5) is 9.47. The molecule has 3 heteroatoms. The van der Waals surface area contributed by atoms with Crippen LogP contribution in [-0.2, 0) is 4.79 Å². The van der Waals surface area contributed by atoms with Crippen molar-refractivity contribution in [3.63, 3.8) is 0 Å². The molecule has 0 heterocycles. The van der Waals surface area contributed by atoms with Gasteiger partial charge in [0.15, 0.2) is 0 Å². The Morgan fingerprint density at radius 2 is 2.20 bits per heavy atom. The largest absolute Gasteiger partial charge is 0.366 e. The fourth-order valence-corrected chi connectivity index (χ4v) is 0.144. The van der Waals surface area contributed by atoms with Gasteiger partial charge in [0.1, 0.15) is 0 Å². The maximum Gasteiger partial charge on any atom is 0.240 e. The van der Waals surface area contributed by atoms with Crippen LogP contribution in [0.1, 0.15) is 19.8 Å². The number of unbranched alkanes of at least 4 members (excludes halogenated alkanes) is 1. The summed E-state index contributed by atoms with van der Waals surface area (Å²) >= 11 is 0. The lowest BCUT2D eigenvalue weighted by Crippen LogP contribution is -2.04.